The van der Waals surface area contributed by atoms with Crippen LogP contribution in [-0.4, -0.2) is 23.0 Å². The molecule has 0 aliphatic heterocycles. The molecule has 78 valence electrons. The van der Waals surface area contributed by atoms with Gasteiger partial charge in [0, 0.05) is 0 Å². The van der Waals surface area contributed by atoms with E-state index in [0.29, 0.717) is 0 Å². The minimum Gasteiger partial charge on any atom is -0.470 e. The fourth-order valence-corrected chi connectivity index (χ4v) is 0.847. The minimum absolute atomic E-state index is 0.134. The highest BCUT2D eigenvalue weighted by molar-refractivity contribution is 5.09. The summed E-state index contributed by atoms with van der Waals surface area (Å²) in [6.45, 7) is 3.31. The van der Waals surface area contributed by atoms with Crippen molar-refractivity contribution in [2.24, 2.45) is 0 Å². The highest BCUT2D eigenvalue weighted by Gasteiger charge is 2.05. The predicted octanol–water partition coefficient (Wildman–Crippen LogP) is 2.24. The van der Waals surface area contributed by atoms with Gasteiger partial charge in [0.05, 0.1) is 18.1 Å². The first-order valence-corrected chi connectivity index (χ1v) is 4.32. The molecule has 0 radical (unpaired) electrons. The van der Waals surface area contributed by atoms with Gasteiger partial charge in [-0.25, -0.2) is 13.8 Å². The summed E-state index contributed by atoms with van der Waals surface area (Å²) in [7, 11) is 0. The van der Waals surface area contributed by atoms with Crippen LogP contribution in [0.15, 0.2) is 12.4 Å². The zero-order chi connectivity index (χ0) is 10.6. The normalized spacial score (nSPS) is 11.0. The third-order valence-corrected chi connectivity index (χ3v) is 1.60. The number of rotatable bonds is 4. The van der Waals surface area contributed by atoms with Crippen molar-refractivity contribution in [1.82, 2.24) is 9.97 Å². The maximum atomic E-state index is 11.8. The molecule has 0 bridgehead atoms. The second kappa shape index (κ2) is 4.83. The molecule has 0 N–H and O–H groups in total. The van der Waals surface area contributed by atoms with Crippen LogP contribution < -0.4 is 4.74 Å². The largest absolute Gasteiger partial charge is 0.470 e. The monoisotopic (exact) mass is 202 g/mol. The van der Waals surface area contributed by atoms with Crippen LogP contribution in [0.4, 0.5) is 8.78 Å². The van der Waals surface area contributed by atoms with Gasteiger partial charge in [0.15, 0.2) is 6.61 Å². The van der Waals surface area contributed by atoms with Crippen LogP contribution >= 0.6 is 0 Å². The lowest BCUT2D eigenvalue weighted by Gasteiger charge is -2.06. The maximum absolute atomic E-state index is 11.8. The highest BCUT2D eigenvalue weighted by atomic mass is 19.3. The van der Waals surface area contributed by atoms with E-state index in [0.717, 1.165) is 5.69 Å². The first-order chi connectivity index (χ1) is 6.59. The van der Waals surface area contributed by atoms with Crippen molar-refractivity contribution in [2.75, 3.05) is 6.61 Å². The molecule has 0 amide bonds. The van der Waals surface area contributed by atoms with E-state index in [-0.39, 0.29) is 11.8 Å². The fourth-order valence-electron chi connectivity index (χ4n) is 0.847. The van der Waals surface area contributed by atoms with Gasteiger partial charge in [-0.15, -0.1) is 0 Å². The van der Waals surface area contributed by atoms with Gasteiger partial charge in [0.2, 0.25) is 5.88 Å². The molecule has 0 saturated heterocycles. The summed E-state index contributed by atoms with van der Waals surface area (Å²) < 4.78 is 28.2. The van der Waals surface area contributed by atoms with Crippen LogP contribution in [0.5, 0.6) is 5.88 Å². The SMILES string of the molecule is CC(C)c1cnc(OCC(F)F)cn1. The van der Waals surface area contributed by atoms with Crippen LogP contribution in [0.2, 0.25) is 0 Å². The Labute approximate surface area is 81.1 Å². The van der Waals surface area contributed by atoms with Gasteiger partial charge in [-0.1, -0.05) is 13.8 Å². The molecule has 1 heterocycles. The van der Waals surface area contributed by atoms with Gasteiger partial charge >= 0.3 is 0 Å². The average molecular weight is 202 g/mol. The molecule has 1 aromatic rings. The summed E-state index contributed by atoms with van der Waals surface area (Å²) in [6.07, 6.45) is 0.407. The third-order valence-electron chi connectivity index (χ3n) is 1.60. The molecule has 0 aliphatic rings. The van der Waals surface area contributed by atoms with Crippen molar-refractivity contribution in [3.8, 4) is 5.88 Å². The molecule has 3 nitrogen and oxygen atoms in total. The van der Waals surface area contributed by atoms with Crippen LogP contribution in [0.1, 0.15) is 25.5 Å². The lowest BCUT2D eigenvalue weighted by molar-refractivity contribution is 0.0793. The van der Waals surface area contributed by atoms with E-state index in [1.54, 1.807) is 0 Å². The van der Waals surface area contributed by atoms with Crippen molar-refractivity contribution in [2.45, 2.75) is 26.2 Å². The first-order valence-electron chi connectivity index (χ1n) is 4.32. The summed E-state index contributed by atoms with van der Waals surface area (Å²) in [5, 5.41) is 0. The van der Waals surface area contributed by atoms with Gasteiger partial charge in [-0.2, -0.15) is 0 Å². The van der Waals surface area contributed by atoms with Crippen LogP contribution in [-0.2, 0) is 0 Å². The average Bonchev–Trinajstić information content (AvgIpc) is 2.15. The Morgan fingerprint density at radius 1 is 1.29 bits per heavy atom. The van der Waals surface area contributed by atoms with Crippen LogP contribution in [0, 0.1) is 0 Å². The van der Waals surface area contributed by atoms with Gasteiger partial charge < -0.3 is 4.74 Å². The molecule has 14 heavy (non-hydrogen) atoms. The summed E-state index contributed by atoms with van der Waals surface area (Å²) in [6, 6.07) is 0. The van der Waals surface area contributed by atoms with E-state index < -0.39 is 13.0 Å². The predicted molar refractivity (Wildman–Crippen MR) is 47.6 cm³/mol. The molecule has 0 atom stereocenters. The molecule has 0 unspecified atom stereocenters. The standard InChI is InChI=1S/C9H12F2N2O/c1-6(2)7-3-13-9(4-12-7)14-5-8(10)11/h3-4,6,8H,5H2,1-2H3. The second-order valence-electron chi connectivity index (χ2n) is 3.14. The van der Waals surface area contributed by atoms with E-state index in [9.17, 15) is 8.78 Å². The van der Waals surface area contributed by atoms with Gasteiger partial charge in [0.1, 0.15) is 0 Å². The molecule has 0 spiro atoms. The Morgan fingerprint density at radius 3 is 2.43 bits per heavy atom. The van der Waals surface area contributed by atoms with Gasteiger partial charge in [-0.3, -0.25) is 4.98 Å². The fraction of sp³-hybridized carbons (Fsp3) is 0.556. The number of nitrogens with zero attached hydrogens (tertiary/aromatic N) is 2. The van der Waals surface area contributed by atoms with Gasteiger partial charge in [0.25, 0.3) is 6.43 Å². The summed E-state index contributed by atoms with van der Waals surface area (Å²) in [5.74, 6) is 0.404. The lowest BCUT2D eigenvalue weighted by Crippen LogP contribution is -2.08. The van der Waals surface area contributed by atoms with Crippen molar-refractivity contribution >= 4 is 0 Å². The van der Waals surface area contributed by atoms with Gasteiger partial charge in [-0.05, 0) is 5.92 Å². The van der Waals surface area contributed by atoms with E-state index >= 15 is 0 Å². The number of aromatic nitrogens is 2. The van der Waals surface area contributed by atoms with Crippen molar-refractivity contribution < 1.29 is 13.5 Å². The molecule has 0 fully saturated rings. The van der Waals surface area contributed by atoms with Crippen molar-refractivity contribution in [3.63, 3.8) is 0 Å². The molecular weight excluding hydrogens is 190 g/mol. The Hall–Kier alpha value is -1.26. The number of hydrogen-bond acceptors (Lipinski definition) is 3. The van der Waals surface area contributed by atoms with E-state index in [1.807, 2.05) is 13.8 Å². The Balaban J connectivity index is 2.55. The number of halogens is 2. The molecule has 1 aromatic heterocycles. The second-order valence-corrected chi connectivity index (χ2v) is 3.14. The van der Waals surface area contributed by atoms with E-state index in [2.05, 4.69) is 14.7 Å². The smallest absolute Gasteiger partial charge is 0.272 e. The molecule has 0 aromatic carbocycles. The van der Waals surface area contributed by atoms with Crippen LogP contribution in [0.25, 0.3) is 0 Å². The summed E-state index contributed by atoms with van der Waals surface area (Å²) in [4.78, 5) is 7.88. The van der Waals surface area contributed by atoms with Crippen molar-refractivity contribution in [1.29, 1.82) is 0 Å². The third kappa shape index (κ3) is 3.24. The number of hydrogen-bond donors (Lipinski definition) is 0. The quantitative estimate of drug-likeness (QED) is 0.751. The Bertz CT molecular complexity index is 275. The Kier molecular flexibility index (Phi) is 3.73. The molecule has 0 saturated carbocycles. The minimum atomic E-state index is -2.48. The van der Waals surface area contributed by atoms with E-state index in [1.165, 1.54) is 12.4 Å². The Morgan fingerprint density at radius 2 is 2.00 bits per heavy atom. The van der Waals surface area contributed by atoms with Crippen molar-refractivity contribution in [3.05, 3.63) is 18.1 Å². The topological polar surface area (TPSA) is 35.0 Å². The number of alkyl halides is 2. The lowest BCUT2D eigenvalue weighted by atomic mass is 10.1. The van der Waals surface area contributed by atoms with Crippen LogP contribution in [0.3, 0.4) is 0 Å². The first kappa shape index (κ1) is 10.8. The molecule has 5 heteroatoms. The number of ether oxygens (including phenoxy) is 1. The summed E-state index contributed by atoms with van der Waals surface area (Å²) in [5.41, 5.74) is 0.814. The summed E-state index contributed by atoms with van der Waals surface area (Å²) >= 11 is 0. The van der Waals surface area contributed by atoms with E-state index in [4.69, 9.17) is 0 Å². The maximum Gasteiger partial charge on any atom is 0.272 e. The molecular formula is C9H12F2N2O. The highest BCUT2D eigenvalue weighted by Crippen LogP contribution is 2.12. The molecule has 1 rings (SSSR count). The zero-order valence-electron chi connectivity index (χ0n) is 8.08. The molecule has 0 aliphatic carbocycles. The zero-order valence-corrected chi connectivity index (χ0v) is 8.08.